The van der Waals surface area contributed by atoms with E-state index in [0.29, 0.717) is 12.3 Å². The number of amides is 1. The number of thioether (sulfide) groups is 1. The fraction of sp³-hybridized carbons (Fsp3) is 0.250. The molecule has 0 aliphatic rings. The smallest absolute Gasteiger partial charge is 0.233 e. The van der Waals surface area contributed by atoms with Gasteiger partial charge in [-0.1, -0.05) is 71.1 Å². The maximum Gasteiger partial charge on any atom is 0.233 e. The molecule has 0 saturated carbocycles. The summed E-state index contributed by atoms with van der Waals surface area (Å²) < 4.78 is 0.781. The van der Waals surface area contributed by atoms with Gasteiger partial charge in [-0.25, -0.2) is 0 Å². The van der Waals surface area contributed by atoms with Crippen molar-refractivity contribution in [3.05, 3.63) is 65.2 Å². The van der Waals surface area contributed by atoms with Crippen molar-refractivity contribution in [3.8, 4) is 0 Å². The molecule has 1 heterocycles. The number of rotatable bonds is 7. The Morgan fingerprint density at radius 3 is 2.67 bits per heavy atom. The van der Waals surface area contributed by atoms with Crippen molar-refractivity contribution in [1.82, 2.24) is 15.1 Å². The van der Waals surface area contributed by atoms with Gasteiger partial charge >= 0.3 is 0 Å². The van der Waals surface area contributed by atoms with Crippen LogP contribution in [0.5, 0.6) is 0 Å². The summed E-state index contributed by atoms with van der Waals surface area (Å²) in [6, 6.07) is 16.2. The number of aromatic nitrogens is 2. The maximum atomic E-state index is 12.3. The van der Waals surface area contributed by atoms with Crippen molar-refractivity contribution in [1.29, 1.82) is 0 Å². The molecule has 0 atom stereocenters. The molecule has 0 spiro atoms. The Morgan fingerprint density at radius 2 is 1.93 bits per heavy atom. The SMILES string of the molecule is Cc1ccc(Nc2nnc(SCC(=O)N(C)Cc3ccccc3)s2)c(C)c1. The quantitative estimate of drug-likeness (QED) is 0.587. The topological polar surface area (TPSA) is 58.1 Å². The number of carbonyl (C=O) groups is 1. The van der Waals surface area contributed by atoms with Gasteiger partial charge in [-0.3, -0.25) is 4.79 Å². The average Bonchev–Trinajstić information content (AvgIpc) is 3.10. The molecule has 3 aromatic rings. The lowest BCUT2D eigenvalue weighted by Crippen LogP contribution is -2.27. The maximum absolute atomic E-state index is 12.3. The molecule has 0 bridgehead atoms. The number of nitrogens with zero attached hydrogens (tertiary/aromatic N) is 3. The van der Waals surface area contributed by atoms with E-state index in [1.54, 1.807) is 4.90 Å². The van der Waals surface area contributed by atoms with Crippen molar-refractivity contribution in [2.24, 2.45) is 0 Å². The van der Waals surface area contributed by atoms with Gasteiger partial charge in [0.25, 0.3) is 0 Å². The van der Waals surface area contributed by atoms with Crippen LogP contribution in [-0.2, 0) is 11.3 Å². The second kappa shape index (κ2) is 9.01. The summed E-state index contributed by atoms with van der Waals surface area (Å²) in [5.41, 5.74) is 4.53. The van der Waals surface area contributed by atoms with Crippen molar-refractivity contribution >= 4 is 39.8 Å². The number of hydrogen-bond acceptors (Lipinski definition) is 6. The van der Waals surface area contributed by atoms with Gasteiger partial charge in [0.05, 0.1) is 5.75 Å². The number of hydrogen-bond donors (Lipinski definition) is 1. The molecule has 1 N–H and O–H groups in total. The third-order valence-corrected chi connectivity index (χ3v) is 5.99. The fourth-order valence-electron chi connectivity index (χ4n) is 2.57. The predicted octanol–water partition coefficient (Wildman–Crippen LogP) is 4.65. The van der Waals surface area contributed by atoms with Crippen molar-refractivity contribution in [2.75, 3.05) is 18.1 Å². The molecule has 7 heteroatoms. The number of aryl methyl sites for hydroxylation is 2. The Hall–Kier alpha value is -2.38. The minimum atomic E-state index is 0.0722. The molecule has 0 aliphatic heterocycles. The lowest BCUT2D eigenvalue weighted by atomic mass is 10.1. The first-order chi connectivity index (χ1) is 13.0. The molecule has 1 aromatic heterocycles. The number of carbonyl (C=O) groups excluding carboxylic acids is 1. The van der Waals surface area contributed by atoms with Crippen LogP contribution in [0.3, 0.4) is 0 Å². The highest BCUT2D eigenvalue weighted by Gasteiger charge is 2.13. The molecule has 0 saturated heterocycles. The third-order valence-electron chi connectivity index (χ3n) is 4.04. The summed E-state index contributed by atoms with van der Waals surface area (Å²) in [5.74, 6) is 0.421. The van der Waals surface area contributed by atoms with E-state index >= 15 is 0 Å². The van der Waals surface area contributed by atoms with Gasteiger partial charge in [0.15, 0.2) is 4.34 Å². The number of anilines is 2. The Balaban J connectivity index is 1.52. The standard InChI is InChI=1S/C20H22N4OS2/c1-14-9-10-17(15(2)11-14)21-19-22-23-20(27-19)26-13-18(25)24(3)12-16-7-5-4-6-8-16/h4-11H,12-13H2,1-3H3,(H,21,22). The lowest BCUT2D eigenvalue weighted by molar-refractivity contribution is -0.127. The van der Waals surface area contributed by atoms with Crippen LogP contribution in [0.4, 0.5) is 10.8 Å². The lowest BCUT2D eigenvalue weighted by Gasteiger charge is -2.16. The van der Waals surface area contributed by atoms with Crippen molar-refractivity contribution in [2.45, 2.75) is 24.7 Å². The van der Waals surface area contributed by atoms with Gasteiger partial charge in [-0.05, 0) is 31.0 Å². The highest BCUT2D eigenvalue weighted by atomic mass is 32.2. The van der Waals surface area contributed by atoms with Gasteiger partial charge < -0.3 is 10.2 Å². The van der Waals surface area contributed by atoms with Gasteiger partial charge in [0.2, 0.25) is 11.0 Å². The van der Waals surface area contributed by atoms with Crippen LogP contribution in [0.2, 0.25) is 0 Å². The summed E-state index contributed by atoms with van der Waals surface area (Å²) in [6.07, 6.45) is 0. The first kappa shape index (κ1) is 19.4. The summed E-state index contributed by atoms with van der Waals surface area (Å²) in [7, 11) is 1.82. The van der Waals surface area contributed by atoms with Crippen LogP contribution in [0.25, 0.3) is 0 Å². The van der Waals surface area contributed by atoms with E-state index in [0.717, 1.165) is 26.3 Å². The van der Waals surface area contributed by atoms with Gasteiger partial charge in [-0.15, -0.1) is 10.2 Å². The van der Waals surface area contributed by atoms with E-state index in [-0.39, 0.29) is 5.91 Å². The zero-order valence-electron chi connectivity index (χ0n) is 15.6. The second-order valence-electron chi connectivity index (χ2n) is 6.34. The first-order valence-corrected chi connectivity index (χ1v) is 10.4. The van der Waals surface area contributed by atoms with Crippen LogP contribution in [0.1, 0.15) is 16.7 Å². The second-order valence-corrected chi connectivity index (χ2v) is 8.54. The van der Waals surface area contributed by atoms with E-state index in [2.05, 4.69) is 41.5 Å². The van der Waals surface area contributed by atoms with E-state index in [9.17, 15) is 4.79 Å². The van der Waals surface area contributed by atoms with Gasteiger partial charge in [0, 0.05) is 19.3 Å². The zero-order chi connectivity index (χ0) is 19.2. The van der Waals surface area contributed by atoms with Gasteiger partial charge in [0.1, 0.15) is 0 Å². The third kappa shape index (κ3) is 5.55. The largest absolute Gasteiger partial charge is 0.341 e. The Bertz CT molecular complexity index is 911. The predicted molar refractivity (Wildman–Crippen MR) is 113 cm³/mol. The van der Waals surface area contributed by atoms with Crippen LogP contribution in [0.15, 0.2) is 52.9 Å². The zero-order valence-corrected chi connectivity index (χ0v) is 17.2. The summed E-state index contributed by atoms with van der Waals surface area (Å²) >= 11 is 2.88. The van der Waals surface area contributed by atoms with Crippen molar-refractivity contribution < 1.29 is 4.79 Å². The normalized spacial score (nSPS) is 10.6. The van der Waals surface area contributed by atoms with E-state index < -0.39 is 0 Å². The van der Waals surface area contributed by atoms with Crippen LogP contribution < -0.4 is 5.32 Å². The Labute approximate surface area is 167 Å². The molecule has 2 aromatic carbocycles. The summed E-state index contributed by atoms with van der Waals surface area (Å²) in [6.45, 7) is 4.74. The molecular weight excluding hydrogens is 376 g/mol. The minimum Gasteiger partial charge on any atom is -0.341 e. The molecule has 0 unspecified atom stereocenters. The van der Waals surface area contributed by atoms with E-state index in [1.165, 1.54) is 28.7 Å². The molecule has 3 rings (SSSR count). The molecule has 0 aliphatic carbocycles. The highest BCUT2D eigenvalue weighted by Crippen LogP contribution is 2.29. The Morgan fingerprint density at radius 1 is 1.15 bits per heavy atom. The molecule has 27 heavy (non-hydrogen) atoms. The van der Waals surface area contributed by atoms with Gasteiger partial charge in [-0.2, -0.15) is 0 Å². The molecule has 5 nitrogen and oxygen atoms in total. The summed E-state index contributed by atoms with van der Waals surface area (Å²) in [4.78, 5) is 14.1. The molecule has 0 radical (unpaired) electrons. The van der Waals surface area contributed by atoms with Crippen LogP contribution in [-0.4, -0.2) is 33.8 Å². The number of nitrogens with one attached hydrogen (secondary N) is 1. The Kier molecular flexibility index (Phi) is 6.47. The van der Waals surface area contributed by atoms with E-state index in [4.69, 9.17) is 0 Å². The molecule has 1 amide bonds. The minimum absolute atomic E-state index is 0.0722. The first-order valence-electron chi connectivity index (χ1n) is 8.60. The fourth-order valence-corrected chi connectivity index (χ4v) is 4.27. The number of benzene rings is 2. The summed E-state index contributed by atoms with van der Waals surface area (Å²) in [5, 5.41) is 12.4. The monoisotopic (exact) mass is 398 g/mol. The van der Waals surface area contributed by atoms with Crippen molar-refractivity contribution in [3.63, 3.8) is 0 Å². The van der Waals surface area contributed by atoms with Crippen LogP contribution >= 0.6 is 23.1 Å². The average molecular weight is 399 g/mol. The molecule has 0 fully saturated rings. The highest BCUT2D eigenvalue weighted by molar-refractivity contribution is 8.01. The molecule has 140 valence electrons. The van der Waals surface area contributed by atoms with E-state index in [1.807, 2.05) is 43.4 Å². The molecular formula is C20H22N4OS2. The van der Waals surface area contributed by atoms with Crippen LogP contribution in [0, 0.1) is 13.8 Å².